The van der Waals surface area contributed by atoms with Crippen LogP contribution in [0.1, 0.15) is 121 Å². The van der Waals surface area contributed by atoms with Gasteiger partial charge in [-0.15, -0.1) is 0 Å². The van der Waals surface area contributed by atoms with Gasteiger partial charge < -0.3 is 25.0 Å². The van der Waals surface area contributed by atoms with Crippen LogP contribution >= 0.6 is 0 Å². The minimum absolute atomic E-state index is 0.000694. The van der Waals surface area contributed by atoms with E-state index in [0.717, 1.165) is 64.2 Å². The molecule has 0 unspecified atom stereocenters. The zero-order valence-corrected chi connectivity index (χ0v) is 33.8. The number of benzene rings is 1. The number of sulfonamides is 1. The van der Waals surface area contributed by atoms with Crippen molar-refractivity contribution in [3.8, 4) is 0 Å². The van der Waals surface area contributed by atoms with Crippen molar-refractivity contribution in [1.29, 1.82) is 0 Å². The number of carbonyl (C=O) groups is 5. The van der Waals surface area contributed by atoms with E-state index in [1.165, 1.54) is 15.9 Å². The smallest absolute Gasteiger partial charge is 0.410 e. The quantitative estimate of drug-likeness (QED) is 0.316. The molecule has 6 aliphatic rings. The van der Waals surface area contributed by atoms with Gasteiger partial charge in [0.1, 0.15) is 35.6 Å². The van der Waals surface area contributed by atoms with Gasteiger partial charge in [0, 0.05) is 24.4 Å². The molecule has 7 rings (SSSR count). The molecular weight excluding hydrogens is 758 g/mol. The molecule has 1 aromatic carbocycles. The number of hydrogen-bond donors (Lipinski definition) is 3. The molecule has 57 heavy (non-hydrogen) atoms. The van der Waals surface area contributed by atoms with Crippen LogP contribution in [0.15, 0.2) is 30.4 Å². The first-order valence-electron chi connectivity index (χ1n) is 20.8. The molecule has 16 heteroatoms. The first kappa shape index (κ1) is 41.0. The van der Waals surface area contributed by atoms with E-state index < -0.39 is 86.1 Å². The van der Waals surface area contributed by atoms with E-state index in [9.17, 15) is 36.8 Å². The molecule has 3 aliphatic carbocycles. The Kier molecular flexibility index (Phi) is 11.9. The predicted octanol–water partition coefficient (Wildman–Crippen LogP) is 5.09. The summed E-state index contributed by atoms with van der Waals surface area (Å²) in [6.07, 6.45) is 11.3. The molecule has 3 N–H and O–H groups in total. The van der Waals surface area contributed by atoms with Gasteiger partial charge >= 0.3 is 12.2 Å². The van der Waals surface area contributed by atoms with Crippen LogP contribution in [-0.2, 0) is 47.0 Å². The second-order valence-corrected chi connectivity index (χ2v) is 19.4. The molecular formula is C41H56FN5O9S. The van der Waals surface area contributed by atoms with E-state index in [0.29, 0.717) is 30.4 Å². The van der Waals surface area contributed by atoms with Crippen LogP contribution in [0.3, 0.4) is 0 Å². The van der Waals surface area contributed by atoms with Gasteiger partial charge in [0.25, 0.3) is 5.91 Å². The molecule has 1 aromatic rings. The second-order valence-electron chi connectivity index (χ2n) is 17.3. The fourth-order valence-electron chi connectivity index (χ4n) is 9.01. The Morgan fingerprint density at radius 1 is 0.947 bits per heavy atom. The van der Waals surface area contributed by atoms with Crippen LogP contribution in [0.5, 0.6) is 0 Å². The monoisotopic (exact) mass is 813 g/mol. The van der Waals surface area contributed by atoms with Crippen molar-refractivity contribution < 1.29 is 46.3 Å². The molecule has 5 atom stereocenters. The Morgan fingerprint density at radius 2 is 1.68 bits per heavy atom. The zero-order valence-electron chi connectivity index (χ0n) is 32.9. The Hall–Kier alpha value is -4.21. The highest BCUT2D eigenvalue weighted by Crippen LogP contribution is 2.49. The first-order chi connectivity index (χ1) is 27.2. The summed E-state index contributed by atoms with van der Waals surface area (Å²) in [6, 6.07) is 2.29. The van der Waals surface area contributed by atoms with E-state index in [1.54, 1.807) is 26.0 Å². The summed E-state index contributed by atoms with van der Waals surface area (Å²) in [4.78, 5) is 72.0. The van der Waals surface area contributed by atoms with Gasteiger partial charge in [-0.3, -0.25) is 24.0 Å². The Balaban J connectivity index is 1.11. The number of ether oxygens (including phenoxy) is 2. The van der Waals surface area contributed by atoms with Gasteiger partial charge in [-0.1, -0.05) is 63.8 Å². The molecule has 312 valence electrons. The van der Waals surface area contributed by atoms with Crippen LogP contribution in [0.2, 0.25) is 0 Å². The lowest BCUT2D eigenvalue weighted by Gasteiger charge is -2.31. The molecule has 3 heterocycles. The SMILES string of the molecule is CC(C)[C@H](NC(=O)OC1CCCC1)C(=O)N1C[C@H](OC(=O)N2Cc3cccc(F)c3C2)C[C@H]1C(=O)N[C@]12C[C@H]1C=CCCCCCCCC1(CC1)S(=O)(=O)NC2=O. The zero-order chi connectivity index (χ0) is 40.5. The number of likely N-dealkylation sites (tertiary alicyclic amines) is 1. The summed E-state index contributed by atoms with van der Waals surface area (Å²) in [5.74, 6) is -3.47. The van der Waals surface area contributed by atoms with Gasteiger partial charge in [0.15, 0.2) is 0 Å². The summed E-state index contributed by atoms with van der Waals surface area (Å²) in [5.41, 5.74) is -0.530. The number of halogens is 1. The van der Waals surface area contributed by atoms with Crippen molar-refractivity contribution >= 4 is 39.9 Å². The van der Waals surface area contributed by atoms with E-state index in [-0.39, 0.29) is 38.6 Å². The van der Waals surface area contributed by atoms with Crippen molar-refractivity contribution in [2.24, 2.45) is 11.8 Å². The third-order valence-corrected chi connectivity index (χ3v) is 15.0. The summed E-state index contributed by atoms with van der Waals surface area (Å²) < 4.78 is 54.7. The number of amides is 5. The molecule has 1 saturated heterocycles. The first-order valence-corrected chi connectivity index (χ1v) is 22.3. The van der Waals surface area contributed by atoms with Gasteiger partial charge in [-0.05, 0) is 81.8 Å². The van der Waals surface area contributed by atoms with Crippen molar-refractivity contribution in [2.45, 2.75) is 158 Å². The van der Waals surface area contributed by atoms with Gasteiger partial charge in [0.05, 0.1) is 17.8 Å². The average molecular weight is 814 g/mol. The topological polar surface area (TPSA) is 181 Å². The molecule has 0 aromatic heterocycles. The predicted molar refractivity (Wildman–Crippen MR) is 206 cm³/mol. The lowest BCUT2D eigenvalue weighted by Crippen LogP contribution is -2.59. The Labute approximate surface area is 334 Å². The minimum atomic E-state index is -4.05. The van der Waals surface area contributed by atoms with E-state index in [4.69, 9.17) is 9.47 Å². The minimum Gasteiger partial charge on any atom is -0.446 e. The van der Waals surface area contributed by atoms with E-state index >= 15 is 0 Å². The van der Waals surface area contributed by atoms with Gasteiger partial charge in [0.2, 0.25) is 21.8 Å². The number of nitrogens with one attached hydrogen (secondary N) is 3. The molecule has 14 nitrogen and oxygen atoms in total. The van der Waals surface area contributed by atoms with E-state index in [2.05, 4.69) is 15.4 Å². The molecule has 3 aliphatic heterocycles. The highest BCUT2D eigenvalue weighted by atomic mass is 32.2. The van der Waals surface area contributed by atoms with Gasteiger partial charge in [-0.25, -0.2) is 22.4 Å². The van der Waals surface area contributed by atoms with Crippen molar-refractivity contribution in [3.63, 3.8) is 0 Å². The molecule has 4 fully saturated rings. The largest absolute Gasteiger partial charge is 0.446 e. The highest BCUT2D eigenvalue weighted by Gasteiger charge is 2.63. The number of rotatable bonds is 7. The maximum atomic E-state index is 14.5. The number of allylic oxidation sites excluding steroid dienone is 1. The highest BCUT2D eigenvalue weighted by molar-refractivity contribution is 7.91. The maximum absolute atomic E-state index is 14.5. The van der Waals surface area contributed by atoms with E-state index in [1.807, 2.05) is 12.2 Å². The second kappa shape index (κ2) is 16.6. The number of alkyl carbamates (subject to hydrolysis) is 1. The average Bonchev–Trinajstić information content (AvgIpc) is 3.83. The summed E-state index contributed by atoms with van der Waals surface area (Å²) in [6.45, 7) is 3.43. The fraction of sp³-hybridized carbons (Fsp3) is 0.683. The van der Waals surface area contributed by atoms with Crippen LogP contribution in [0.4, 0.5) is 14.0 Å². The Morgan fingerprint density at radius 3 is 2.40 bits per heavy atom. The molecule has 0 radical (unpaired) electrons. The summed E-state index contributed by atoms with van der Waals surface area (Å²) >= 11 is 0. The standard InChI is InChI=1S/C41H56FN5O9S/c1-26(2)34(43-38(51)55-29-15-9-10-16-29)36(49)47-24-30(56-39(52)46-23-27-13-12-17-32(42)31(27)25-46)21-33(47)35(48)44-41-22-28(41)14-8-6-4-3-5-7-11-18-40(19-20-40)57(53,54)45-37(41)50/h8,12-14,17,26,28-30,33-34H,3-7,9-11,15-16,18-25H2,1-2H3,(H,43,51)(H,44,48)(H,45,50)/t28-,30-,33+,34+,41-/m1/s1. The summed E-state index contributed by atoms with van der Waals surface area (Å²) in [5, 5.41) is 5.56. The van der Waals surface area contributed by atoms with Crippen LogP contribution in [0.25, 0.3) is 0 Å². The van der Waals surface area contributed by atoms with Crippen molar-refractivity contribution in [2.75, 3.05) is 6.54 Å². The number of fused-ring (bicyclic) bond motifs is 2. The number of carbonyl (C=O) groups excluding carboxylic acids is 5. The Bertz CT molecular complexity index is 1880. The fourth-order valence-corrected chi connectivity index (χ4v) is 10.7. The third-order valence-electron chi connectivity index (χ3n) is 12.8. The lowest BCUT2D eigenvalue weighted by atomic mass is 10.0. The maximum Gasteiger partial charge on any atom is 0.410 e. The van der Waals surface area contributed by atoms with Crippen LogP contribution < -0.4 is 15.4 Å². The van der Waals surface area contributed by atoms with Crippen LogP contribution in [-0.4, -0.2) is 89.2 Å². The molecule has 3 saturated carbocycles. The van der Waals surface area contributed by atoms with Crippen molar-refractivity contribution in [3.05, 3.63) is 47.3 Å². The molecule has 0 bridgehead atoms. The third kappa shape index (κ3) is 8.80. The normalized spacial score (nSPS) is 28.7. The van der Waals surface area contributed by atoms with Crippen molar-refractivity contribution in [1.82, 2.24) is 25.2 Å². The number of hydrogen-bond acceptors (Lipinski definition) is 9. The summed E-state index contributed by atoms with van der Waals surface area (Å²) in [7, 11) is -4.05. The molecule has 1 spiro atoms. The number of nitrogens with zero attached hydrogens (tertiary/aromatic N) is 2. The van der Waals surface area contributed by atoms with Gasteiger partial charge in [-0.2, -0.15) is 0 Å². The molecule has 5 amide bonds. The van der Waals surface area contributed by atoms with Crippen LogP contribution in [0, 0.1) is 17.7 Å². The lowest BCUT2D eigenvalue weighted by molar-refractivity contribution is -0.141.